The standard InChI is InChI=1S/C21H26FN3O/c1-2-12-24-13-15-25(16-14-24)20(17-6-4-3-5-7-17)21(26)23-19-10-8-18(22)9-11-19/h3-11,20H,2,12-16H2,1H3,(H,23,26)/p+2/t20-/m0/s1. The number of quaternary nitrogens is 2. The van der Waals surface area contributed by atoms with Crippen molar-refractivity contribution in [2.75, 3.05) is 38.0 Å². The first-order chi connectivity index (χ1) is 12.7. The number of piperazine rings is 1. The number of nitrogens with one attached hydrogen (secondary N) is 3. The first-order valence-corrected chi connectivity index (χ1v) is 9.47. The number of benzene rings is 2. The first-order valence-electron chi connectivity index (χ1n) is 9.47. The molecule has 1 atom stereocenters. The molecule has 0 spiro atoms. The third kappa shape index (κ3) is 4.68. The molecule has 1 amide bonds. The fourth-order valence-electron chi connectivity index (χ4n) is 3.78. The number of carbonyl (C=O) groups excluding carboxylic acids is 1. The third-order valence-corrected chi connectivity index (χ3v) is 5.12. The molecule has 1 heterocycles. The number of anilines is 1. The SMILES string of the molecule is CCC[NH+]1CC[NH+]([C@H](C(=O)Nc2ccc(F)cc2)c2ccccc2)CC1. The molecular formula is C21H28FN3O+2. The van der Waals surface area contributed by atoms with Gasteiger partial charge in [-0.2, -0.15) is 0 Å². The van der Waals surface area contributed by atoms with Gasteiger partial charge >= 0.3 is 0 Å². The molecule has 4 nitrogen and oxygen atoms in total. The Bertz CT molecular complexity index is 697. The van der Waals surface area contributed by atoms with Gasteiger partial charge in [-0.05, 0) is 30.7 Å². The lowest BCUT2D eigenvalue weighted by Crippen LogP contribution is -3.28. The van der Waals surface area contributed by atoms with Gasteiger partial charge in [-0.15, -0.1) is 0 Å². The van der Waals surface area contributed by atoms with E-state index in [2.05, 4.69) is 12.2 Å². The maximum atomic E-state index is 13.1. The predicted octanol–water partition coefficient (Wildman–Crippen LogP) is 0.699. The summed E-state index contributed by atoms with van der Waals surface area (Å²) in [4.78, 5) is 16.0. The topological polar surface area (TPSA) is 38.0 Å². The zero-order valence-corrected chi connectivity index (χ0v) is 15.3. The minimum atomic E-state index is -0.303. The lowest BCUT2D eigenvalue weighted by atomic mass is 10.0. The second-order valence-corrected chi connectivity index (χ2v) is 7.00. The van der Waals surface area contributed by atoms with Crippen LogP contribution < -0.4 is 15.1 Å². The van der Waals surface area contributed by atoms with Crippen LogP contribution in [0.1, 0.15) is 24.9 Å². The van der Waals surface area contributed by atoms with Crippen molar-refractivity contribution in [2.24, 2.45) is 0 Å². The Labute approximate surface area is 154 Å². The van der Waals surface area contributed by atoms with Gasteiger partial charge in [-0.3, -0.25) is 4.79 Å². The molecule has 1 aliphatic heterocycles. The maximum Gasteiger partial charge on any atom is 0.287 e. The lowest BCUT2D eigenvalue weighted by Gasteiger charge is -2.34. The van der Waals surface area contributed by atoms with E-state index in [9.17, 15) is 9.18 Å². The molecule has 3 rings (SSSR count). The average Bonchev–Trinajstić information content (AvgIpc) is 2.66. The van der Waals surface area contributed by atoms with Crippen LogP contribution in [0.25, 0.3) is 0 Å². The van der Waals surface area contributed by atoms with Crippen LogP contribution >= 0.6 is 0 Å². The monoisotopic (exact) mass is 357 g/mol. The van der Waals surface area contributed by atoms with E-state index in [4.69, 9.17) is 0 Å². The molecule has 2 aromatic rings. The first kappa shape index (κ1) is 18.5. The summed E-state index contributed by atoms with van der Waals surface area (Å²) in [6.45, 7) is 7.56. The van der Waals surface area contributed by atoms with Crippen LogP contribution in [0.5, 0.6) is 0 Å². The number of halogens is 1. The van der Waals surface area contributed by atoms with Crippen molar-refractivity contribution in [2.45, 2.75) is 19.4 Å². The van der Waals surface area contributed by atoms with Crippen LogP contribution in [0, 0.1) is 5.82 Å². The third-order valence-electron chi connectivity index (χ3n) is 5.12. The number of hydrogen-bond acceptors (Lipinski definition) is 1. The fraction of sp³-hybridized carbons (Fsp3) is 0.381. The Morgan fingerprint density at radius 2 is 1.69 bits per heavy atom. The normalized spacial score (nSPS) is 21.2. The Balaban J connectivity index is 1.75. The molecule has 26 heavy (non-hydrogen) atoms. The van der Waals surface area contributed by atoms with Gasteiger partial charge in [0.05, 0.1) is 6.54 Å². The highest BCUT2D eigenvalue weighted by Crippen LogP contribution is 2.14. The van der Waals surface area contributed by atoms with E-state index in [1.165, 1.54) is 30.0 Å². The van der Waals surface area contributed by atoms with Crippen LogP contribution in [0.4, 0.5) is 10.1 Å². The van der Waals surface area contributed by atoms with Crippen molar-refractivity contribution < 1.29 is 19.0 Å². The van der Waals surface area contributed by atoms with E-state index in [1.807, 2.05) is 30.3 Å². The van der Waals surface area contributed by atoms with Crippen molar-refractivity contribution in [3.63, 3.8) is 0 Å². The summed E-state index contributed by atoms with van der Waals surface area (Å²) in [7, 11) is 0. The molecule has 1 saturated heterocycles. The summed E-state index contributed by atoms with van der Waals surface area (Å²) in [5, 5.41) is 2.97. The Kier molecular flexibility index (Phi) is 6.36. The van der Waals surface area contributed by atoms with E-state index in [0.29, 0.717) is 5.69 Å². The van der Waals surface area contributed by atoms with Crippen molar-refractivity contribution >= 4 is 11.6 Å². The molecule has 0 radical (unpaired) electrons. The second kappa shape index (κ2) is 8.92. The van der Waals surface area contributed by atoms with Crippen molar-refractivity contribution in [1.82, 2.24) is 0 Å². The number of amides is 1. The number of rotatable bonds is 6. The Morgan fingerprint density at radius 3 is 2.31 bits per heavy atom. The zero-order valence-electron chi connectivity index (χ0n) is 15.3. The molecule has 0 aromatic heterocycles. The molecule has 1 aliphatic rings. The molecule has 0 unspecified atom stereocenters. The van der Waals surface area contributed by atoms with Gasteiger partial charge in [0.25, 0.3) is 5.91 Å². The van der Waals surface area contributed by atoms with E-state index < -0.39 is 0 Å². The molecule has 0 bridgehead atoms. The van der Waals surface area contributed by atoms with Gasteiger partial charge in [0.1, 0.15) is 32.0 Å². The lowest BCUT2D eigenvalue weighted by molar-refractivity contribution is -1.02. The largest absolute Gasteiger partial charge is 0.326 e. The Hall–Kier alpha value is -2.24. The van der Waals surface area contributed by atoms with E-state index in [-0.39, 0.29) is 17.8 Å². The van der Waals surface area contributed by atoms with Gasteiger partial charge in [0, 0.05) is 11.3 Å². The number of carbonyl (C=O) groups is 1. The molecular weight excluding hydrogens is 329 g/mol. The zero-order chi connectivity index (χ0) is 18.4. The van der Waals surface area contributed by atoms with Crippen LogP contribution in [-0.4, -0.2) is 38.6 Å². The maximum absolute atomic E-state index is 13.1. The molecule has 2 aromatic carbocycles. The summed E-state index contributed by atoms with van der Waals surface area (Å²) in [5.41, 5.74) is 1.66. The second-order valence-electron chi connectivity index (χ2n) is 7.00. The number of hydrogen-bond donors (Lipinski definition) is 3. The summed E-state index contributed by atoms with van der Waals surface area (Å²) >= 11 is 0. The summed E-state index contributed by atoms with van der Waals surface area (Å²) in [5.74, 6) is -0.333. The molecule has 3 N–H and O–H groups in total. The molecule has 0 aliphatic carbocycles. The summed E-state index contributed by atoms with van der Waals surface area (Å²) in [6.07, 6.45) is 1.19. The van der Waals surface area contributed by atoms with Crippen LogP contribution in [0.15, 0.2) is 54.6 Å². The smallest absolute Gasteiger partial charge is 0.287 e. The van der Waals surface area contributed by atoms with Crippen LogP contribution in [0.3, 0.4) is 0 Å². The van der Waals surface area contributed by atoms with Gasteiger partial charge in [-0.25, -0.2) is 4.39 Å². The average molecular weight is 357 g/mol. The van der Waals surface area contributed by atoms with Crippen molar-refractivity contribution in [1.29, 1.82) is 0 Å². The highest BCUT2D eigenvalue weighted by Gasteiger charge is 2.35. The molecule has 5 heteroatoms. The molecule has 0 saturated carbocycles. The highest BCUT2D eigenvalue weighted by atomic mass is 19.1. The van der Waals surface area contributed by atoms with E-state index >= 15 is 0 Å². The van der Waals surface area contributed by atoms with Crippen molar-refractivity contribution in [3.05, 3.63) is 66.0 Å². The molecule has 138 valence electrons. The van der Waals surface area contributed by atoms with Gasteiger partial charge in [-0.1, -0.05) is 37.3 Å². The fourth-order valence-corrected chi connectivity index (χ4v) is 3.78. The van der Waals surface area contributed by atoms with Crippen molar-refractivity contribution in [3.8, 4) is 0 Å². The summed E-state index contributed by atoms with van der Waals surface area (Å²) in [6, 6.07) is 15.7. The van der Waals surface area contributed by atoms with E-state index in [1.54, 1.807) is 17.0 Å². The minimum absolute atomic E-state index is 0.0308. The van der Waals surface area contributed by atoms with Crippen LogP contribution in [-0.2, 0) is 4.79 Å². The quantitative estimate of drug-likeness (QED) is 0.700. The Morgan fingerprint density at radius 1 is 1.04 bits per heavy atom. The van der Waals surface area contributed by atoms with Gasteiger partial charge in [0.15, 0.2) is 6.04 Å². The minimum Gasteiger partial charge on any atom is -0.326 e. The highest BCUT2D eigenvalue weighted by molar-refractivity contribution is 5.94. The van der Waals surface area contributed by atoms with Crippen LogP contribution in [0.2, 0.25) is 0 Å². The predicted molar refractivity (Wildman–Crippen MR) is 101 cm³/mol. The van der Waals surface area contributed by atoms with Gasteiger partial charge in [0.2, 0.25) is 0 Å². The van der Waals surface area contributed by atoms with E-state index in [0.717, 1.165) is 31.7 Å². The summed E-state index contributed by atoms with van der Waals surface area (Å²) < 4.78 is 13.1. The van der Waals surface area contributed by atoms with Gasteiger partial charge < -0.3 is 15.1 Å². The molecule has 1 fully saturated rings.